The van der Waals surface area contributed by atoms with Gasteiger partial charge in [0, 0.05) is 13.1 Å². The molecule has 7 nitrogen and oxygen atoms in total. The van der Waals surface area contributed by atoms with E-state index in [1.807, 2.05) is 0 Å². The van der Waals surface area contributed by atoms with Crippen LogP contribution in [0.4, 0.5) is 0 Å². The minimum Gasteiger partial charge on any atom is -0.486 e. The highest BCUT2D eigenvalue weighted by Gasteiger charge is 2.30. The highest BCUT2D eigenvalue weighted by atomic mass is 32.2. The molecular weight excluding hydrogens is 286 g/mol. The van der Waals surface area contributed by atoms with Gasteiger partial charge >= 0.3 is 5.97 Å². The molecule has 1 aromatic rings. The zero-order valence-electron chi connectivity index (χ0n) is 11.1. The van der Waals surface area contributed by atoms with E-state index >= 15 is 0 Å². The molecule has 1 aromatic carbocycles. The number of carboxylic acid groups (broad SMARTS) is 1. The van der Waals surface area contributed by atoms with Gasteiger partial charge in [0.05, 0.1) is 4.90 Å². The average Bonchev–Trinajstić information content (AvgIpc) is 2.44. The van der Waals surface area contributed by atoms with Crippen molar-refractivity contribution in [3.63, 3.8) is 0 Å². The largest absolute Gasteiger partial charge is 0.486 e. The van der Waals surface area contributed by atoms with Crippen LogP contribution in [0.1, 0.15) is 6.92 Å². The molecule has 1 aliphatic heterocycles. The first-order chi connectivity index (χ1) is 9.34. The first kappa shape index (κ1) is 14.6. The van der Waals surface area contributed by atoms with Gasteiger partial charge in [0.15, 0.2) is 11.5 Å². The van der Waals surface area contributed by atoms with Crippen molar-refractivity contribution in [1.82, 2.24) is 4.31 Å². The molecule has 1 N–H and O–H groups in total. The summed E-state index contributed by atoms with van der Waals surface area (Å²) in [6, 6.07) is 3.05. The Morgan fingerprint density at radius 2 is 1.90 bits per heavy atom. The molecule has 2 rings (SSSR count). The number of aliphatic carboxylic acids is 1. The molecule has 1 aliphatic rings. The van der Waals surface area contributed by atoms with E-state index in [1.54, 1.807) is 0 Å². The van der Waals surface area contributed by atoms with E-state index in [0.717, 1.165) is 4.31 Å². The molecule has 0 bridgehead atoms. The van der Waals surface area contributed by atoms with Gasteiger partial charge in [-0.05, 0) is 19.1 Å². The lowest BCUT2D eigenvalue weighted by Crippen LogP contribution is -2.40. The number of carboxylic acids is 1. The van der Waals surface area contributed by atoms with E-state index in [9.17, 15) is 13.2 Å². The maximum absolute atomic E-state index is 12.3. The molecule has 0 saturated heterocycles. The summed E-state index contributed by atoms with van der Waals surface area (Å²) in [6.45, 7) is 2.06. The summed E-state index contributed by atoms with van der Waals surface area (Å²) in [4.78, 5) is 10.9. The van der Waals surface area contributed by atoms with Crippen LogP contribution in [0.3, 0.4) is 0 Å². The second kappa shape index (κ2) is 5.29. The molecule has 1 atom stereocenters. The SMILES string of the molecule is CC(C(=O)O)N(C)S(=O)(=O)c1ccc2c(c1)OCCO2. The number of rotatable bonds is 4. The minimum atomic E-state index is -3.90. The van der Waals surface area contributed by atoms with Gasteiger partial charge < -0.3 is 14.6 Å². The van der Waals surface area contributed by atoms with Crippen LogP contribution in [0, 0.1) is 0 Å². The van der Waals surface area contributed by atoms with Crippen molar-refractivity contribution in [3.05, 3.63) is 18.2 Å². The molecule has 0 radical (unpaired) electrons. The molecule has 1 heterocycles. The van der Waals surface area contributed by atoms with Gasteiger partial charge in [0.2, 0.25) is 10.0 Å². The molecule has 0 amide bonds. The van der Waals surface area contributed by atoms with Crippen LogP contribution in [0.25, 0.3) is 0 Å². The van der Waals surface area contributed by atoms with E-state index in [1.165, 1.54) is 32.2 Å². The number of nitrogens with zero attached hydrogens (tertiary/aromatic N) is 1. The van der Waals surface area contributed by atoms with Crippen molar-refractivity contribution < 1.29 is 27.8 Å². The predicted molar refractivity (Wildman–Crippen MR) is 69.5 cm³/mol. The van der Waals surface area contributed by atoms with Gasteiger partial charge in [-0.15, -0.1) is 0 Å². The van der Waals surface area contributed by atoms with E-state index in [0.29, 0.717) is 24.7 Å². The lowest BCUT2D eigenvalue weighted by atomic mass is 10.3. The van der Waals surface area contributed by atoms with Crippen molar-refractivity contribution in [2.24, 2.45) is 0 Å². The maximum atomic E-state index is 12.3. The Hall–Kier alpha value is -1.80. The molecule has 0 aromatic heterocycles. The first-order valence-corrected chi connectivity index (χ1v) is 7.38. The molecule has 0 fully saturated rings. The molecule has 0 aliphatic carbocycles. The predicted octanol–water partition coefficient (Wildman–Crippen LogP) is 0.551. The Bertz CT molecular complexity index is 627. The van der Waals surface area contributed by atoms with Crippen LogP contribution >= 0.6 is 0 Å². The number of benzene rings is 1. The van der Waals surface area contributed by atoms with Gasteiger partial charge in [-0.25, -0.2) is 8.42 Å². The van der Waals surface area contributed by atoms with Crippen LogP contribution in [0.2, 0.25) is 0 Å². The second-order valence-electron chi connectivity index (χ2n) is 4.34. The number of fused-ring (bicyclic) bond motifs is 1. The van der Waals surface area contributed by atoms with Crippen molar-refractivity contribution in [3.8, 4) is 11.5 Å². The summed E-state index contributed by atoms with van der Waals surface area (Å²) >= 11 is 0. The lowest BCUT2D eigenvalue weighted by molar-refractivity contribution is -0.140. The standard InChI is InChI=1S/C12H15NO6S/c1-8(12(14)15)13(2)20(16,17)9-3-4-10-11(7-9)19-6-5-18-10/h3-4,7-8H,5-6H2,1-2H3,(H,14,15). The Morgan fingerprint density at radius 3 is 2.50 bits per heavy atom. The molecule has 110 valence electrons. The Balaban J connectivity index is 2.37. The van der Waals surface area contributed by atoms with Crippen molar-refractivity contribution in [2.45, 2.75) is 17.9 Å². The number of ether oxygens (including phenoxy) is 2. The fourth-order valence-electron chi connectivity index (χ4n) is 1.71. The van der Waals surface area contributed by atoms with Gasteiger partial charge in [0.1, 0.15) is 19.3 Å². The van der Waals surface area contributed by atoms with Crippen LogP contribution in [0.5, 0.6) is 11.5 Å². The van der Waals surface area contributed by atoms with Crippen LogP contribution < -0.4 is 9.47 Å². The van der Waals surface area contributed by atoms with Crippen molar-refractivity contribution in [2.75, 3.05) is 20.3 Å². The third-order valence-electron chi connectivity index (χ3n) is 3.09. The van der Waals surface area contributed by atoms with E-state index in [-0.39, 0.29) is 4.90 Å². The summed E-state index contributed by atoms with van der Waals surface area (Å²) in [7, 11) is -2.67. The average molecular weight is 301 g/mol. The Labute approximate surface area is 116 Å². The molecule has 0 spiro atoms. The molecule has 20 heavy (non-hydrogen) atoms. The number of sulfonamides is 1. The summed E-state index contributed by atoms with van der Waals surface area (Å²) in [5, 5.41) is 8.90. The molecule has 0 saturated carbocycles. The van der Waals surface area contributed by atoms with Gasteiger partial charge in [-0.1, -0.05) is 0 Å². The zero-order chi connectivity index (χ0) is 14.9. The van der Waals surface area contributed by atoms with Crippen LogP contribution in [0.15, 0.2) is 23.1 Å². The summed E-state index contributed by atoms with van der Waals surface area (Å²) in [6.07, 6.45) is 0. The molecular formula is C12H15NO6S. The first-order valence-electron chi connectivity index (χ1n) is 5.94. The zero-order valence-corrected chi connectivity index (χ0v) is 11.9. The van der Waals surface area contributed by atoms with E-state index in [2.05, 4.69) is 0 Å². The highest BCUT2D eigenvalue weighted by Crippen LogP contribution is 2.33. The number of hydrogen-bond donors (Lipinski definition) is 1. The second-order valence-corrected chi connectivity index (χ2v) is 6.34. The van der Waals surface area contributed by atoms with Gasteiger partial charge in [-0.2, -0.15) is 4.31 Å². The fourth-order valence-corrected chi connectivity index (χ4v) is 3.05. The summed E-state index contributed by atoms with van der Waals surface area (Å²) < 4.78 is 36.1. The van der Waals surface area contributed by atoms with Crippen LogP contribution in [-0.2, 0) is 14.8 Å². The number of carbonyl (C=O) groups is 1. The van der Waals surface area contributed by atoms with Crippen LogP contribution in [-0.4, -0.2) is 50.1 Å². The van der Waals surface area contributed by atoms with Gasteiger partial charge in [-0.3, -0.25) is 4.79 Å². The monoisotopic (exact) mass is 301 g/mol. The quantitative estimate of drug-likeness (QED) is 0.873. The van der Waals surface area contributed by atoms with Crippen molar-refractivity contribution in [1.29, 1.82) is 0 Å². The Morgan fingerprint density at radius 1 is 1.30 bits per heavy atom. The Kier molecular flexibility index (Phi) is 3.87. The highest BCUT2D eigenvalue weighted by molar-refractivity contribution is 7.89. The number of likely N-dealkylation sites (N-methyl/N-ethyl adjacent to an activating group) is 1. The lowest BCUT2D eigenvalue weighted by Gasteiger charge is -2.23. The van der Waals surface area contributed by atoms with E-state index in [4.69, 9.17) is 14.6 Å². The third kappa shape index (κ3) is 2.56. The van der Waals surface area contributed by atoms with Crippen molar-refractivity contribution >= 4 is 16.0 Å². The smallest absolute Gasteiger partial charge is 0.321 e. The fraction of sp³-hybridized carbons (Fsp3) is 0.417. The van der Waals surface area contributed by atoms with E-state index < -0.39 is 22.0 Å². The molecule has 8 heteroatoms. The normalized spacial score (nSPS) is 15.9. The minimum absolute atomic E-state index is 0.0302. The summed E-state index contributed by atoms with van der Waals surface area (Å²) in [5.41, 5.74) is 0. The molecule has 1 unspecified atom stereocenters. The third-order valence-corrected chi connectivity index (χ3v) is 5.02. The summed E-state index contributed by atoms with van der Waals surface area (Å²) in [5.74, 6) is -0.397. The topological polar surface area (TPSA) is 93.1 Å². The maximum Gasteiger partial charge on any atom is 0.321 e. The van der Waals surface area contributed by atoms with Gasteiger partial charge in [0.25, 0.3) is 0 Å². The number of hydrogen-bond acceptors (Lipinski definition) is 5.